The zero-order chi connectivity index (χ0) is 16.3. The van der Waals surface area contributed by atoms with Crippen LogP contribution in [0.2, 0.25) is 5.02 Å². The van der Waals surface area contributed by atoms with Crippen molar-refractivity contribution < 1.29 is 19.4 Å². The molecule has 1 aliphatic heterocycles. The summed E-state index contributed by atoms with van der Waals surface area (Å²) >= 11 is 5.98. The van der Waals surface area contributed by atoms with Gasteiger partial charge in [-0.1, -0.05) is 24.6 Å². The second-order valence-corrected chi connectivity index (χ2v) is 5.32. The van der Waals surface area contributed by atoms with Crippen molar-refractivity contribution in [2.75, 3.05) is 5.01 Å². The first-order valence-electron chi connectivity index (χ1n) is 6.85. The van der Waals surface area contributed by atoms with Crippen molar-refractivity contribution in [1.82, 2.24) is 5.43 Å². The average Bonchev–Trinajstić information content (AvgIpc) is 2.48. The molecule has 1 amide bonds. The first-order chi connectivity index (χ1) is 10.4. The molecule has 1 aromatic rings. The van der Waals surface area contributed by atoms with Crippen molar-refractivity contribution in [2.45, 2.75) is 32.6 Å². The number of halogens is 1. The first kappa shape index (κ1) is 16.5. The second-order valence-electron chi connectivity index (χ2n) is 4.88. The van der Waals surface area contributed by atoms with Crippen molar-refractivity contribution in [3.05, 3.63) is 40.9 Å². The largest absolute Gasteiger partial charge is 0.479 e. The zero-order valence-corrected chi connectivity index (χ0v) is 13.0. The van der Waals surface area contributed by atoms with Crippen LogP contribution in [0.3, 0.4) is 0 Å². The Bertz CT molecular complexity index is 618. The molecule has 0 aliphatic carbocycles. The number of nitrogens with one attached hydrogen (secondary N) is 1. The van der Waals surface area contributed by atoms with Gasteiger partial charge in [-0.05, 0) is 37.1 Å². The van der Waals surface area contributed by atoms with Gasteiger partial charge in [-0.2, -0.15) is 5.43 Å². The van der Waals surface area contributed by atoms with Gasteiger partial charge >= 0.3 is 5.97 Å². The van der Waals surface area contributed by atoms with E-state index in [4.69, 9.17) is 21.4 Å². The highest BCUT2D eigenvalue weighted by atomic mass is 35.5. The van der Waals surface area contributed by atoms with Crippen molar-refractivity contribution >= 4 is 29.2 Å². The highest BCUT2D eigenvalue weighted by Crippen LogP contribution is 2.25. The van der Waals surface area contributed by atoms with E-state index in [9.17, 15) is 9.59 Å². The summed E-state index contributed by atoms with van der Waals surface area (Å²) in [7, 11) is 0. The minimum absolute atomic E-state index is 0.284. The van der Waals surface area contributed by atoms with Crippen molar-refractivity contribution in [2.24, 2.45) is 0 Å². The lowest BCUT2D eigenvalue weighted by Gasteiger charge is -2.32. The summed E-state index contributed by atoms with van der Waals surface area (Å²) in [6.07, 6.45) is 1.50. The Kier molecular flexibility index (Phi) is 5.18. The molecule has 22 heavy (non-hydrogen) atoms. The number of anilines is 1. The van der Waals surface area contributed by atoms with E-state index in [1.807, 2.05) is 6.92 Å². The molecule has 1 aromatic carbocycles. The van der Waals surface area contributed by atoms with Gasteiger partial charge in [0.15, 0.2) is 6.10 Å². The fourth-order valence-corrected chi connectivity index (χ4v) is 2.24. The van der Waals surface area contributed by atoms with Crippen LogP contribution in [0.5, 0.6) is 0 Å². The minimum atomic E-state index is -1.04. The van der Waals surface area contributed by atoms with E-state index in [-0.39, 0.29) is 5.91 Å². The molecule has 0 unspecified atom stereocenters. The number of benzene rings is 1. The molecule has 0 radical (unpaired) electrons. The van der Waals surface area contributed by atoms with E-state index in [1.54, 1.807) is 25.1 Å². The molecule has 0 saturated heterocycles. The van der Waals surface area contributed by atoms with E-state index in [0.717, 1.165) is 5.56 Å². The predicted octanol–water partition coefficient (Wildman–Crippen LogP) is 2.26. The number of rotatable bonds is 5. The Morgan fingerprint density at radius 2 is 2.27 bits per heavy atom. The standard InChI is InChI=1S/C15H17ClN2O4/c1-3-12(15(20)21)22-13-6-7-14(19)18(17-13)11-8-10(16)5-4-9(11)2/h4-8,12-13,17H,3H2,1-2H3,(H,20,21)/t12-,13+/m1/s1. The maximum Gasteiger partial charge on any atom is 0.332 e. The van der Waals surface area contributed by atoms with Crippen LogP contribution in [0.4, 0.5) is 5.69 Å². The minimum Gasteiger partial charge on any atom is -0.479 e. The molecule has 1 heterocycles. The van der Waals surface area contributed by atoms with Crippen molar-refractivity contribution in [3.8, 4) is 0 Å². The monoisotopic (exact) mass is 324 g/mol. The fraction of sp³-hybridized carbons (Fsp3) is 0.333. The summed E-state index contributed by atoms with van der Waals surface area (Å²) in [5.74, 6) is -1.33. The SMILES string of the molecule is CC[C@@H](O[C@H]1C=CC(=O)N(c2cc(Cl)ccc2C)N1)C(=O)O. The maximum atomic E-state index is 12.1. The molecule has 2 rings (SSSR count). The van der Waals surface area contributed by atoms with Gasteiger partial charge in [-0.25, -0.2) is 9.80 Å². The van der Waals surface area contributed by atoms with Crippen LogP contribution < -0.4 is 10.4 Å². The molecule has 0 bridgehead atoms. The number of nitrogens with zero attached hydrogens (tertiary/aromatic N) is 1. The Morgan fingerprint density at radius 1 is 1.55 bits per heavy atom. The quantitative estimate of drug-likeness (QED) is 0.868. The van der Waals surface area contributed by atoms with E-state index in [2.05, 4.69) is 5.43 Å². The Morgan fingerprint density at radius 3 is 2.91 bits per heavy atom. The molecule has 2 atom stereocenters. The van der Waals surface area contributed by atoms with Gasteiger partial charge in [-0.15, -0.1) is 0 Å². The third kappa shape index (κ3) is 3.65. The van der Waals surface area contributed by atoms with Gasteiger partial charge < -0.3 is 9.84 Å². The van der Waals surface area contributed by atoms with Crippen LogP contribution in [0.1, 0.15) is 18.9 Å². The average molecular weight is 325 g/mol. The van der Waals surface area contributed by atoms with Crippen LogP contribution in [-0.4, -0.2) is 29.3 Å². The summed E-state index contributed by atoms with van der Waals surface area (Å²) in [4.78, 5) is 23.1. The summed E-state index contributed by atoms with van der Waals surface area (Å²) < 4.78 is 5.45. The van der Waals surface area contributed by atoms with E-state index >= 15 is 0 Å². The van der Waals surface area contributed by atoms with Crippen LogP contribution in [0, 0.1) is 6.92 Å². The smallest absolute Gasteiger partial charge is 0.332 e. The molecular weight excluding hydrogens is 308 g/mol. The Balaban J connectivity index is 2.20. The molecule has 0 aromatic heterocycles. The molecule has 0 fully saturated rings. The molecule has 0 spiro atoms. The van der Waals surface area contributed by atoms with Gasteiger partial charge in [0.05, 0.1) is 5.69 Å². The maximum absolute atomic E-state index is 12.1. The summed E-state index contributed by atoms with van der Waals surface area (Å²) in [6, 6.07) is 5.19. The first-order valence-corrected chi connectivity index (χ1v) is 7.23. The van der Waals surface area contributed by atoms with Gasteiger partial charge in [0.25, 0.3) is 5.91 Å². The molecule has 118 valence electrons. The molecule has 1 aliphatic rings. The number of hydrazine groups is 1. The summed E-state index contributed by atoms with van der Waals surface area (Å²) in [5.41, 5.74) is 4.31. The number of carbonyl (C=O) groups is 2. The van der Waals surface area contributed by atoms with Crippen LogP contribution >= 0.6 is 11.6 Å². The van der Waals surface area contributed by atoms with Crippen LogP contribution in [0.15, 0.2) is 30.4 Å². The topological polar surface area (TPSA) is 78.9 Å². The lowest BCUT2D eigenvalue weighted by atomic mass is 10.2. The number of ether oxygens (including phenoxy) is 1. The number of carboxylic acid groups (broad SMARTS) is 1. The van der Waals surface area contributed by atoms with E-state index in [0.29, 0.717) is 17.1 Å². The number of aliphatic carboxylic acids is 1. The number of hydrogen-bond donors (Lipinski definition) is 2. The lowest BCUT2D eigenvalue weighted by molar-refractivity contribution is -0.154. The van der Waals surface area contributed by atoms with Gasteiger partial charge in [-0.3, -0.25) is 4.79 Å². The second kappa shape index (κ2) is 6.91. The number of hydrogen-bond acceptors (Lipinski definition) is 4. The van der Waals surface area contributed by atoms with Crippen LogP contribution in [-0.2, 0) is 14.3 Å². The highest BCUT2D eigenvalue weighted by molar-refractivity contribution is 6.31. The molecular formula is C15H17ClN2O4. The predicted molar refractivity (Wildman–Crippen MR) is 82.5 cm³/mol. The molecule has 0 saturated carbocycles. The third-order valence-electron chi connectivity index (χ3n) is 3.26. The summed E-state index contributed by atoms with van der Waals surface area (Å²) in [5, 5.41) is 10.8. The Labute approximate surface area is 133 Å². The number of amides is 1. The summed E-state index contributed by atoms with van der Waals surface area (Å²) in [6.45, 7) is 3.57. The number of carbonyl (C=O) groups excluding carboxylic acids is 1. The lowest BCUT2D eigenvalue weighted by Crippen LogP contribution is -2.53. The zero-order valence-electron chi connectivity index (χ0n) is 12.2. The fourth-order valence-electron chi connectivity index (χ4n) is 2.07. The molecule has 7 heteroatoms. The Hall–Kier alpha value is -1.89. The normalized spacial score (nSPS) is 19.3. The van der Waals surface area contributed by atoms with Gasteiger partial charge in [0.2, 0.25) is 0 Å². The number of aryl methyl sites for hydroxylation is 1. The number of carboxylic acids is 1. The van der Waals surface area contributed by atoms with Gasteiger partial charge in [0, 0.05) is 11.1 Å². The van der Waals surface area contributed by atoms with E-state index < -0.39 is 18.3 Å². The van der Waals surface area contributed by atoms with Crippen molar-refractivity contribution in [3.63, 3.8) is 0 Å². The molecule has 6 nitrogen and oxygen atoms in total. The van der Waals surface area contributed by atoms with Crippen molar-refractivity contribution in [1.29, 1.82) is 0 Å². The van der Waals surface area contributed by atoms with Crippen LogP contribution in [0.25, 0.3) is 0 Å². The highest BCUT2D eigenvalue weighted by Gasteiger charge is 2.27. The van der Waals surface area contributed by atoms with Gasteiger partial charge in [0.1, 0.15) is 6.23 Å². The van der Waals surface area contributed by atoms with E-state index in [1.165, 1.54) is 17.2 Å². The third-order valence-corrected chi connectivity index (χ3v) is 3.49. The molecule has 2 N–H and O–H groups in total.